The summed E-state index contributed by atoms with van der Waals surface area (Å²) in [6.07, 6.45) is 8.62. The number of allylic oxidation sites excluding steroid dienone is 1. The zero-order valence-electron chi connectivity index (χ0n) is 31.8. The van der Waals surface area contributed by atoms with Crippen molar-refractivity contribution < 1.29 is 37.6 Å². The van der Waals surface area contributed by atoms with Gasteiger partial charge in [0.15, 0.2) is 11.8 Å². The summed E-state index contributed by atoms with van der Waals surface area (Å²) in [4.78, 5) is 54.6. The molecule has 2 amide bonds. The van der Waals surface area contributed by atoms with Gasteiger partial charge in [0.1, 0.15) is 5.75 Å². The van der Waals surface area contributed by atoms with Gasteiger partial charge in [-0.05, 0) is 117 Å². The molecule has 6 rings (SSSR count). The van der Waals surface area contributed by atoms with E-state index in [2.05, 4.69) is 26.9 Å². The van der Waals surface area contributed by atoms with E-state index in [1.165, 1.54) is 25.2 Å². The number of hydrogen-bond donors (Lipinski definition) is 2. The van der Waals surface area contributed by atoms with E-state index in [1.807, 2.05) is 50.3 Å². The van der Waals surface area contributed by atoms with Gasteiger partial charge in [-0.25, -0.2) is 9.00 Å². The third-order valence-electron chi connectivity index (χ3n) is 12.3. The van der Waals surface area contributed by atoms with Crippen LogP contribution < -0.4 is 19.7 Å². The van der Waals surface area contributed by atoms with Crippen molar-refractivity contribution in [3.8, 4) is 5.75 Å². The molecule has 2 N–H and O–H groups in total. The first-order valence-electron chi connectivity index (χ1n) is 18.7. The van der Waals surface area contributed by atoms with E-state index in [4.69, 9.17) is 25.8 Å². The molecule has 292 valence electrons. The molecule has 0 saturated heterocycles. The molecule has 11 nitrogen and oxygen atoms in total. The Kier molecular flexibility index (Phi) is 11.6. The van der Waals surface area contributed by atoms with E-state index < -0.39 is 50.2 Å². The quantitative estimate of drug-likeness (QED) is 0.175. The minimum absolute atomic E-state index is 0.0585. The number of methoxy groups -OCH3 is 2. The van der Waals surface area contributed by atoms with Gasteiger partial charge in [-0.15, -0.1) is 0 Å². The predicted octanol–water partition coefficient (Wildman–Crippen LogP) is 5.21. The highest BCUT2D eigenvalue weighted by Crippen LogP contribution is 2.50. The zero-order chi connectivity index (χ0) is 39.0. The standard InChI is InChI=1S/C41H52ClN3O8S/c1-25-9-7-18-41(52-5,21-36(47)43-37(26(2)46)39(49)51-4)33-14-11-30(33)22-45-23-40(17-8-10-28-19-31(42)13-15-32(28)40)24-53-35-16-12-29(20-34(35)45)38(48)44-54(6,50)27(25)3/h7,12-13,15-16,18-20,25,27,30,33,37H,6,8-11,14,17,21-24H2,1-5H3,(H,43,47)(H,44,48,50)/b18-7+/t25-,27+,30-,33+,37-,40-,41+,54?/m0/s1. The maximum atomic E-state index is 14.0. The molecular formula is C41H52ClN3O8S. The van der Waals surface area contributed by atoms with Crippen LogP contribution in [0.2, 0.25) is 5.02 Å². The monoisotopic (exact) mass is 781 g/mol. The highest BCUT2D eigenvalue weighted by Gasteiger charge is 2.50. The summed E-state index contributed by atoms with van der Waals surface area (Å²) < 4.78 is 34.5. The van der Waals surface area contributed by atoms with Gasteiger partial charge in [-0.1, -0.05) is 36.7 Å². The molecule has 13 heteroatoms. The van der Waals surface area contributed by atoms with Gasteiger partial charge in [-0.2, -0.15) is 0 Å². The minimum Gasteiger partial charge on any atom is -0.490 e. The normalized spacial score (nSPS) is 32.0. The Hall–Kier alpha value is -3.87. The number of carbonyl (C=O) groups is 4. The van der Waals surface area contributed by atoms with Gasteiger partial charge >= 0.3 is 5.97 Å². The summed E-state index contributed by atoms with van der Waals surface area (Å²) in [6, 6.07) is 10.0. The maximum Gasteiger partial charge on any atom is 0.336 e. The Balaban J connectivity index is 1.44. The lowest BCUT2D eigenvalue weighted by molar-refractivity contribution is -0.149. The molecule has 8 atom stereocenters. The number of amides is 2. The summed E-state index contributed by atoms with van der Waals surface area (Å²) in [6.45, 7) is 6.62. The summed E-state index contributed by atoms with van der Waals surface area (Å²) in [7, 11) is -0.340. The van der Waals surface area contributed by atoms with Crippen LogP contribution in [0.4, 0.5) is 5.69 Å². The number of aryl methyl sites for hydroxylation is 1. The second-order valence-electron chi connectivity index (χ2n) is 15.7. The summed E-state index contributed by atoms with van der Waals surface area (Å²) in [5.74, 6) is 2.04. The van der Waals surface area contributed by atoms with E-state index in [0.717, 1.165) is 37.8 Å². The van der Waals surface area contributed by atoms with Crippen LogP contribution >= 0.6 is 11.6 Å². The molecule has 2 aliphatic heterocycles. The summed E-state index contributed by atoms with van der Waals surface area (Å²) >= 11 is 6.47. The number of rotatable bonds is 6. The van der Waals surface area contributed by atoms with Crippen LogP contribution in [-0.2, 0) is 45.4 Å². The van der Waals surface area contributed by atoms with E-state index >= 15 is 0 Å². The fourth-order valence-electron chi connectivity index (χ4n) is 8.84. The number of esters is 1. The SMILES string of the molecule is C=S1(=O)NC(=O)c2ccc3c(c2)N(C[C@@H]2CC[C@H]2[C@@](CC(=O)N[C@@H](C(C)=O)C(=O)OC)(OC)/C=C/C[C@H](C)[C@H]1C)C[C@@]1(CCCc2cc(Cl)ccc21)CO3. The Bertz CT molecular complexity index is 1950. The highest BCUT2D eigenvalue weighted by atomic mass is 35.5. The molecule has 1 saturated carbocycles. The van der Waals surface area contributed by atoms with E-state index in [1.54, 1.807) is 13.2 Å². The molecule has 2 aromatic rings. The van der Waals surface area contributed by atoms with E-state index in [9.17, 15) is 23.4 Å². The topological polar surface area (TPSA) is 140 Å². The number of ether oxygens (including phenoxy) is 3. The van der Waals surface area contributed by atoms with E-state index in [0.29, 0.717) is 42.5 Å². The number of nitrogens with one attached hydrogen (secondary N) is 2. The number of halogens is 1. The Morgan fingerprint density at radius 2 is 1.94 bits per heavy atom. The second-order valence-corrected chi connectivity index (χ2v) is 18.5. The van der Waals surface area contributed by atoms with Crippen LogP contribution in [0, 0.1) is 17.8 Å². The van der Waals surface area contributed by atoms with Crippen molar-refractivity contribution in [1.82, 2.24) is 10.0 Å². The number of Topliss-reactive ketones (excluding diaryl/α,β-unsaturated/α-hetero) is 1. The number of benzene rings is 2. The lowest BCUT2D eigenvalue weighted by Gasteiger charge is -2.50. The molecule has 54 heavy (non-hydrogen) atoms. The van der Waals surface area contributed by atoms with Crippen LogP contribution in [0.15, 0.2) is 48.6 Å². The van der Waals surface area contributed by atoms with Crippen LogP contribution in [-0.4, -0.2) is 84.5 Å². The first kappa shape index (κ1) is 39.8. The van der Waals surface area contributed by atoms with Crippen molar-refractivity contribution in [2.24, 2.45) is 17.8 Å². The van der Waals surface area contributed by atoms with E-state index in [-0.39, 0.29) is 29.6 Å². The maximum absolute atomic E-state index is 14.0. The van der Waals surface area contributed by atoms with Gasteiger partial charge in [0.05, 0.1) is 41.1 Å². The van der Waals surface area contributed by atoms with Gasteiger partial charge in [-0.3, -0.25) is 19.1 Å². The lowest BCUT2D eigenvalue weighted by Crippen LogP contribution is -2.55. The molecule has 0 aromatic heterocycles. The van der Waals surface area contributed by atoms with Crippen LogP contribution in [0.3, 0.4) is 0 Å². The molecular weight excluding hydrogens is 730 g/mol. The van der Waals surface area contributed by atoms with Crippen molar-refractivity contribution in [2.75, 3.05) is 38.8 Å². The number of anilines is 1. The van der Waals surface area contributed by atoms with Crippen LogP contribution in [0.1, 0.15) is 80.8 Å². The first-order chi connectivity index (χ1) is 25.6. The largest absolute Gasteiger partial charge is 0.490 e. The fourth-order valence-corrected chi connectivity index (χ4v) is 10.5. The number of carbonyl (C=O) groups excluding carboxylic acids is 4. The molecule has 1 fully saturated rings. The van der Waals surface area contributed by atoms with Crippen molar-refractivity contribution >= 4 is 56.4 Å². The van der Waals surface area contributed by atoms with Crippen molar-refractivity contribution in [3.63, 3.8) is 0 Å². The molecule has 2 heterocycles. The van der Waals surface area contributed by atoms with Gasteiger partial charge in [0, 0.05) is 41.5 Å². The molecule has 1 spiro atoms. The third kappa shape index (κ3) is 7.79. The highest BCUT2D eigenvalue weighted by molar-refractivity contribution is 7.99. The minimum atomic E-state index is -3.09. The second kappa shape index (κ2) is 15.7. The van der Waals surface area contributed by atoms with Crippen LogP contribution in [0.5, 0.6) is 5.75 Å². The number of ketones is 1. The number of fused-ring (bicyclic) bond motifs is 4. The Labute approximate surface area is 323 Å². The third-order valence-corrected chi connectivity index (χ3v) is 14.8. The van der Waals surface area contributed by atoms with Crippen LogP contribution in [0.25, 0.3) is 0 Å². The molecule has 2 aliphatic carbocycles. The zero-order valence-corrected chi connectivity index (χ0v) is 33.4. The average Bonchev–Trinajstić information content (AvgIpc) is 3.27. The molecule has 2 aromatic carbocycles. The number of hydrogen-bond acceptors (Lipinski definition) is 9. The molecule has 2 bridgehead atoms. The molecule has 0 radical (unpaired) electrons. The van der Waals surface area contributed by atoms with Crippen molar-refractivity contribution in [2.45, 2.75) is 88.0 Å². The summed E-state index contributed by atoms with van der Waals surface area (Å²) in [5, 5.41) is 2.79. The number of nitrogens with zero attached hydrogens (tertiary/aromatic N) is 1. The van der Waals surface area contributed by atoms with Crippen molar-refractivity contribution in [3.05, 3.63) is 70.3 Å². The fraction of sp³-hybridized carbons (Fsp3) is 0.537. The smallest absolute Gasteiger partial charge is 0.336 e. The Morgan fingerprint density at radius 3 is 2.63 bits per heavy atom. The summed E-state index contributed by atoms with van der Waals surface area (Å²) in [5.41, 5.74) is 2.07. The average molecular weight is 782 g/mol. The Morgan fingerprint density at radius 1 is 1.17 bits per heavy atom. The lowest BCUT2D eigenvalue weighted by atomic mass is 9.62. The molecule has 4 aliphatic rings. The van der Waals surface area contributed by atoms with Gasteiger partial charge in [0.25, 0.3) is 5.91 Å². The predicted molar refractivity (Wildman–Crippen MR) is 211 cm³/mol. The van der Waals surface area contributed by atoms with Gasteiger partial charge < -0.3 is 24.4 Å². The van der Waals surface area contributed by atoms with Crippen molar-refractivity contribution in [1.29, 1.82) is 0 Å². The molecule has 1 unspecified atom stereocenters. The first-order valence-corrected chi connectivity index (χ1v) is 20.9. The van der Waals surface area contributed by atoms with Gasteiger partial charge in [0.2, 0.25) is 5.91 Å².